The SMILES string of the molecule is CC/C(=C(\c1ccc(O)cc1)c1ccc(/C=C/C(=O)O)c(C2CC2)c1)c1ccc(F)cc1Cl. The number of hydrogen-bond donors (Lipinski definition) is 2. The monoisotopic (exact) mass is 462 g/mol. The number of hydrogen-bond acceptors (Lipinski definition) is 2. The first kappa shape index (κ1) is 22.8. The summed E-state index contributed by atoms with van der Waals surface area (Å²) in [6.07, 6.45) is 5.59. The summed E-state index contributed by atoms with van der Waals surface area (Å²) in [6, 6.07) is 17.4. The van der Waals surface area contributed by atoms with Gasteiger partial charge in [0.05, 0.1) is 5.02 Å². The topological polar surface area (TPSA) is 57.5 Å². The quantitative estimate of drug-likeness (QED) is 0.282. The number of aromatic hydroxyl groups is 1. The molecule has 2 N–H and O–H groups in total. The van der Waals surface area contributed by atoms with Crippen LogP contribution in [0, 0.1) is 5.82 Å². The molecule has 0 atom stereocenters. The van der Waals surface area contributed by atoms with Gasteiger partial charge in [-0.1, -0.05) is 54.9 Å². The van der Waals surface area contributed by atoms with Gasteiger partial charge in [-0.15, -0.1) is 0 Å². The summed E-state index contributed by atoms with van der Waals surface area (Å²) in [5.41, 5.74) is 6.54. The molecular formula is C28H24ClFO3. The van der Waals surface area contributed by atoms with Crippen LogP contribution >= 0.6 is 11.6 Å². The van der Waals surface area contributed by atoms with Crippen molar-refractivity contribution in [1.29, 1.82) is 0 Å². The van der Waals surface area contributed by atoms with E-state index in [-0.39, 0.29) is 5.75 Å². The predicted octanol–water partition coefficient (Wildman–Crippen LogP) is 7.53. The highest BCUT2D eigenvalue weighted by Gasteiger charge is 2.26. The van der Waals surface area contributed by atoms with Crippen LogP contribution in [0.5, 0.6) is 5.75 Å². The number of aliphatic carboxylic acids is 1. The minimum Gasteiger partial charge on any atom is -0.508 e. The van der Waals surface area contributed by atoms with Gasteiger partial charge in [0.2, 0.25) is 0 Å². The van der Waals surface area contributed by atoms with Gasteiger partial charge in [-0.25, -0.2) is 9.18 Å². The van der Waals surface area contributed by atoms with E-state index in [0.717, 1.165) is 57.9 Å². The lowest BCUT2D eigenvalue weighted by molar-refractivity contribution is -0.131. The van der Waals surface area contributed by atoms with Gasteiger partial charge in [-0.3, -0.25) is 0 Å². The van der Waals surface area contributed by atoms with E-state index in [4.69, 9.17) is 16.7 Å². The van der Waals surface area contributed by atoms with Gasteiger partial charge in [0.15, 0.2) is 0 Å². The Balaban J connectivity index is 1.95. The first-order valence-corrected chi connectivity index (χ1v) is 11.3. The fourth-order valence-corrected chi connectivity index (χ4v) is 4.45. The molecule has 0 aliphatic heterocycles. The van der Waals surface area contributed by atoms with Crippen molar-refractivity contribution in [1.82, 2.24) is 0 Å². The highest BCUT2D eigenvalue weighted by Crippen LogP contribution is 2.44. The van der Waals surface area contributed by atoms with Gasteiger partial charge in [0.25, 0.3) is 0 Å². The zero-order chi connectivity index (χ0) is 23.5. The van der Waals surface area contributed by atoms with Crippen LogP contribution in [-0.2, 0) is 4.79 Å². The van der Waals surface area contributed by atoms with Crippen LogP contribution in [0.4, 0.5) is 4.39 Å². The summed E-state index contributed by atoms with van der Waals surface area (Å²) in [5, 5.41) is 19.2. The molecule has 3 aromatic carbocycles. The second kappa shape index (κ2) is 9.63. The van der Waals surface area contributed by atoms with Crippen LogP contribution in [-0.4, -0.2) is 16.2 Å². The number of phenolic OH excluding ortho intramolecular Hbond substituents is 1. The third-order valence-corrected chi connectivity index (χ3v) is 6.18. The van der Waals surface area contributed by atoms with E-state index in [2.05, 4.69) is 6.07 Å². The van der Waals surface area contributed by atoms with Crippen molar-refractivity contribution in [2.45, 2.75) is 32.1 Å². The summed E-state index contributed by atoms with van der Waals surface area (Å²) in [4.78, 5) is 11.0. The number of carboxylic acid groups (broad SMARTS) is 1. The van der Waals surface area contributed by atoms with E-state index in [0.29, 0.717) is 17.4 Å². The Morgan fingerprint density at radius 1 is 1.06 bits per heavy atom. The zero-order valence-electron chi connectivity index (χ0n) is 18.2. The average molecular weight is 463 g/mol. The fourth-order valence-electron chi connectivity index (χ4n) is 4.17. The number of allylic oxidation sites excluding steroid dienone is 1. The summed E-state index contributed by atoms with van der Waals surface area (Å²) < 4.78 is 13.8. The van der Waals surface area contributed by atoms with Crippen LogP contribution in [0.15, 0.2) is 66.7 Å². The Labute approximate surface area is 197 Å². The molecule has 1 aliphatic carbocycles. The van der Waals surface area contributed by atoms with Crippen molar-refractivity contribution in [2.24, 2.45) is 0 Å². The Bertz CT molecular complexity index is 1250. The molecule has 3 aromatic rings. The first-order valence-electron chi connectivity index (χ1n) is 10.9. The van der Waals surface area contributed by atoms with Crippen LogP contribution in [0.2, 0.25) is 5.02 Å². The molecule has 0 amide bonds. The maximum Gasteiger partial charge on any atom is 0.328 e. The van der Waals surface area contributed by atoms with Crippen molar-refractivity contribution in [3.8, 4) is 5.75 Å². The molecule has 3 nitrogen and oxygen atoms in total. The molecule has 0 bridgehead atoms. The molecule has 1 fully saturated rings. The number of carbonyl (C=O) groups is 1. The molecule has 1 aliphatic rings. The summed E-state index contributed by atoms with van der Waals surface area (Å²) in [7, 11) is 0. The molecule has 0 unspecified atom stereocenters. The maximum absolute atomic E-state index is 13.8. The third kappa shape index (κ3) is 5.18. The van der Waals surface area contributed by atoms with Gasteiger partial charge in [0.1, 0.15) is 11.6 Å². The second-order valence-corrected chi connectivity index (χ2v) is 8.57. The number of phenols is 1. The van der Waals surface area contributed by atoms with E-state index in [1.807, 2.05) is 31.2 Å². The van der Waals surface area contributed by atoms with Crippen molar-refractivity contribution < 1.29 is 19.4 Å². The number of benzene rings is 3. The normalized spacial score (nSPS) is 14.4. The largest absolute Gasteiger partial charge is 0.508 e. The van der Waals surface area contributed by atoms with Crippen molar-refractivity contribution in [3.05, 3.63) is 105 Å². The molecule has 5 heteroatoms. The van der Waals surface area contributed by atoms with Gasteiger partial charge >= 0.3 is 5.97 Å². The van der Waals surface area contributed by atoms with E-state index in [9.17, 15) is 14.3 Å². The van der Waals surface area contributed by atoms with E-state index >= 15 is 0 Å². The molecule has 4 rings (SSSR count). The number of halogens is 2. The Kier molecular flexibility index (Phi) is 6.66. The Morgan fingerprint density at radius 3 is 2.36 bits per heavy atom. The van der Waals surface area contributed by atoms with E-state index in [1.165, 1.54) is 12.1 Å². The molecule has 0 radical (unpaired) electrons. The number of carboxylic acids is 1. The standard InChI is InChI=1S/C28H24ClFO3/c1-2-23(24-13-10-21(30)16-26(24)29)28(19-7-11-22(31)12-8-19)20-6-5-18(9-14-27(32)33)25(15-20)17-3-4-17/h5-17,31H,2-4H2,1H3,(H,32,33)/b14-9+,28-23-. The van der Waals surface area contributed by atoms with Crippen molar-refractivity contribution in [2.75, 3.05) is 0 Å². The lowest BCUT2D eigenvalue weighted by Crippen LogP contribution is -1.98. The van der Waals surface area contributed by atoms with Crippen molar-refractivity contribution in [3.63, 3.8) is 0 Å². The van der Waals surface area contributed by atoms with Crippen LogP contribution in [0.1, 0.15) is 59.9 Å². The molecule has 1 saturated carbocycles. The number of rotatable bonds is 7. The van der Waals surface area contributed by atoms with Gasteiger partial charge < -0.3 is 10.2 Å². The van der Waals surface area contributed by atoms with E-state index in [1.54, 1.807) is 24.3 Å². The summed E-state index contributed by atoms with van der Waals surface area (Å²) in [5.74, 6) is -0.802. The average Bonchev–Trinajstić information content (AvgIpc) is 3.63. The first-order chi connectivity index (χ1) is 15.9. The minimum atomic E-state index is -0.982. The van der Waals surface area contributed by atoms with Crippen molar-refractivity contribution >= 4 is 34.8 Å². The maximum atomic E-state index is 13.8. The molecular weight excluding hydrogens is 439 g/mol. The van der Waals surface area contributed by atoms with Gasteiger partial charge in [-0.05, 0) is 94.5 Å². The second-order valence-electron chi connectivity index (χ2n) is 8.17. The Morgan fingerprint density at radius 2 is 1.76 bits per heavy atom. The molecule has 0 saturated heterocycles. The van der Waals surface area contributed by atoms with Crippen LogP contribution in [0.3, 0.4) is 0 Å². The fraction of sp³-hybridized carbons (Fsp3) is 0.179. The van der Waals surface area contributed by atoms with E-state index < -0.39 is 11.8 Å². The predicted molar refractivity (Wildman–Crippen MR) is 131 cm³/mol. The highest BCUT2D eigenvalue weighted by molar-refractivity contribution is 6.32. The molecule has 168 valence electrons. The van der Waals surface area contributed by atoms with Crippen LogP contribution in [0.25, 0.3) is 17.2 Å². The molecule has 0 aromatic heterocycles. The molecule has 0 spiro atoms. The summed E-state index contributed by atoms with van der Waals surface area (Å²) in [6.45, 7) is 2.03. The van der Waals surface area contributed by atoms with Gasteiger partial charge in [0, 0.05) is 6.08 Å². The lowest BCUT2D eigenvalue weighted by Gasteiger charge is -2.19. The van der Waals surface area contributed by atoms with Gasteiger partial charge in [-0.2, -0.15) is 0 Å². The van der Waals surface area contributed by atoms with Crippen LogP contribution < -0.4 is 0 Å². The molecule has 33 heavy (non-hydrogen) atoms. The minimum absolute atomic E-state index is 0.170. The Hall–Kier alpha value is -3.37. The zero-order valence-corrected chi connectivity index (χ0v) is 18.9. The summed E-state index contributed by atoms with van der Waals surface area (Å²) >= 11 is 6.46. The lowest BCUT2D eigenvalue weighted by atomic mass is 9.86. The smallest absolute Gasteiger partial charge is 0.328 e. The highest BCUT2D eigenvalue weighted by atomic mass is 35.5. The third-order valence-electron chi connectivity index (χ3n) is 5.87. The molecule has 0 heterocycles.